The third-order valence-corrected chi connectivity index (χ3v) is 2.29. The van der Waals surface area contributed by atoms with Crippen molar-refractivity contribution in [3.8, 4) is 0 Å². The molecular formula is C12H25N. The molecule has 0 aromatic heterocycles. The smallest absolute Gasteiger partial charge is 0.00398 e. The Bertz CT molecular complexity index is 127. The van der Waals surface area contributed by atoms with Gasteiger partial charge in [-0.15, -0.1) is 0 Å². The van der Waals surface area contributed by atoms with Crippen LogP contribution in [0.25, 0.3) is 0 Å². The summed E-state index contributed by atoms with van der Waals surface area (Å²) in [7, 11) is 0. The van der Waals surface area contributed by atoms with E-state index in [1.54, 1.807) is 0 Å². The fourth-order valence-electron chi connectivity index (χ4n) is 1.47. The van der Waals surface area contributed by atoms with E-state index in [1.807, 2.05) is 0 Å². The van der Waals surface area contributed by atoms with E-state index in [9.17, 15) is 0 Å². The lowest BCUT2D eigenvalue weighted by Gasteiger charge is -2.01. The first-order chi connectivity index (χ1) is 6.31. The number of nitrogens with two attached hydrogens (primary N) is 1. The average molecular weight is 183 g/mol. The topological polar surface area (TPSA) is 26.0 Å². The van der Waals surface area contributed by atoms with Gasteiger partial charge >= 0.3 is 0 Å². The molecule has 13 heavy (non-hydrogen) atoms. The monoisotopic (exact) mass is 183 g/mol. The van der Waals surface area contributed by atoms with E-state index in [2.05, 4.69) is 19.9 Å². The molecule has 0 spiro atoms. The Morgan fingerprint density at radius 3 is 2.23 bits per heavy atom. The first kappa shape index (κ1) is 12.5. The van der Waals surface area contributed by atoms with Gasteiger partial charge in [0.15, 0.2) is 0 Å². The van der Waals surface area contributed by atoms with Crippen LogP contribution in [0.2, 0.25) is 0 Å². The highest BCUT2D eigenvalue weighted by Crippen LogP contribution is 2.09. The van der Waals surface area contributed by atoms with Gasteiger partial charge in [-0.1, -0.05) is 52.0 Å². The van der Waals surface area contributed by atoms with Gasteiger partial charge in [-0.05, 0) is 19.3 Å². The molecule has 0 aliphatic rings. The molecule has 0 saturated heterocycles. The van der Waals surface area contributed by atoms with Crippen molar-refractivity contribution < 1.29 is 0 Å². The van der Waals surface area contributed by atoms with Gasteiger partial charge in [0.2, 0.25) is 0 Å². The average Bonchev–Trinajstić information content (AvgIpc) is 2.11. The molecule has 0 heterocycles. The molecule has 0 bridgehead atoms. The largest absolute Gasteiger partial charge is 0.402 e. The van der Waals surface area contributed by atoms with Gasteiger partial charge in [-0.3, -0.25) is 0 Å². The summed E-state index contributed by atoms with van der Waals surface area (Å²) in [6.45, 7) is 4.39. The molecule has 0 saturated carbocycles. The van der Waals surface area contributed by atoms with Gasteiger partial charge < -0.3 is 5.73 Å². The van der Waals surface area contributed by atoms with E-state index in [0.29, 0.717) is 0 Å². The summed E-state index contributed by atoms with van der Waals surface area (Å²) < 4.78 is 0. The summed E-state index contributed by atoms with van der Waals surface area (Å²) in [6, 6.07) is 0. The van der Waals surface area contributed by atoms with E-state index in [4.69, 9.17) is 5.73 Å². The molecule has 1 nitrogen and oxygen atoms in total. The van der Waals surface area contributed by atoms with Crippen molar-refractivity contribution in [2.75, 3.05) is 0 Å². The predicted molar refractivity (Wildman–Crippen MR) is 60.6 cm³/mol. The van der Waals surface area contributed by atoms with Crippen LogP contribution in [0.1, 0.15) is 65.2 Å². The number of rotatable bonds is 8. The summed E-state index contributed by atoms with van der Waals surface area (Å²) in [5.74, 6) is 0. The zero-order chi connectivity index (χ0) is 9.94. The Hall–Kier alpha value is -0.460. The lowest BCUT2D eigenvalue weighted by Crippen LogP contribution is -1.96. The molecule has 0 aliphatic carbocycles. The summed E-state index contributed by atoms with van der Waals surface area (Å²) in [5.41, 5.74) is 6.87. The van der Waals surface area contributed by atoms with Crippen molar-refractivity contribution >= 4 is 0 Å². The minimum atomic E-state index is 1.07. The molecule has 2 N–H and O–H groups in total. The number of unbranched alkanes of at least 4 members (excludes halogenated alkanes) is 5. The SMILES string of the molecule is CC/C=C(\N)CCCCCCCC. The van der Waals surface area contributed by atoms with Crippen LogP contribution in [0.4, 0.5) is 0 Å². The molecule has 0 aromatic carbocycles. The van der Waals surface area contributed by atoms with Crippen LogP contribution in [0.3, 0.4) is 0 Å². The Balaban J connectivity index is 3.11. The summed E-state index contributed by atoms with van der Waals surface area (Å²) in [5, 5.41) is 0. The molecule has 0 amide bonds. The molecule has 0 radical (unpaired) electrons. The van der Waals surface area contributed by atoms with Crippen LogP contribution < -0.4 is 5.73 Å². The molecule has 0 unspecified atom stereocenters. The van der Waals surface area contributed by atoms with Gasteiger partial charge in [-0.25, -0.2) is 0 Å². The van der Waals surface area contributed by atoms with Crippen molar-refractivity contribution in [3.05, 3.63) is 11.8 Å². The molecule has 0 fully saturated rings. The fourth-order valence-corrected chi connectivity index (χ4v) is 1.47. The maximum Gasteiger partial charge on any atom is 0.00398 e. The van der Waals surface area contributed by atoms with Crippen molar-refractivity contribution in [3.63, 3.8) is 0 Å². The van der Waals surface area contributed by atoms with Crippen LogP contribution in [0.15, 0.2) is 11.8 Å². The van der Waals surface area contributed by atoms with Gasteiger partial charge in [-0.2, -0.15) is 0 Å². The summed E-state index contributed by atoms with van der Waals surface area (Å²) in [4.78, 5) is 0. The predicted octanol–water partition coefficient (Wildman–Crippen LogP) is 3.99. The minimum Gasteiger partial charge on any atom is -0.402 e. The van der Waals surface area contributed by atoms with Crippen LogP contribution in [-0.4, -0.2) is 0 Å². The third-order valence-electron chi connectivity index (χ3n) is 2.29. The molecular weight excluding hydrogens is 158 g/mol. The molecule has 78 valence electrons. The number of allylic oxidation sites excluding steroid dienone is 2. The van der Waals surface area contributed by atoms with Crippen molar-refractivity contribution in [1.29, 1.82) is 0 Å². The first-order valence-electron chi connectivity index (χ1n) is 5.75. The minimum absolute atomic E-state index is 1.07. The second kappa shape index (κ2) is 9.63. The maximum absolute atomic E-state index is 5.79. The zero-order valence-electron chi connectivity index (χ0n) is 9.31. The Labute approximate surface area is 83.4 Å². The number of hydrogen-bond donors (Lipinski definition) is 1. The lowest BCUT2D eigenvalue weighted by atomic mass is 10.1. The normalized spacial score (nSPS) is 12.0. The zero-order valence-corrected chi connectivity index (χ0v) is 9.31. The van der Waals surface area contributed by atoms with Crippen molar-refractivity contribution in [1.82, 2.24) is 0 Å². The van der Waals surface area contributed by atoms with Gasteiger partial charge in [0.25, 0.3) is 0 Å². The Morgan fingerprint density at radius 2 is 1.62 bits per heavy atom. The highest BCUT2D eigenvalue weighted by molar-refractivity contribution is 4.95. The highest BCUT2D eigenvalue weighted by atomic mass is 14.6. The van der Waals surface area contributed by atoms with E-state index < -0.39 is 0 Å². The lowest BCUT2D eigenvalue weighted by molar-refractivity contribution is 0.605. The van der Waals surface area contributed by atoms with E-state index >= 15 is 0 Å². The first-order valence-corrected chi connectivity index (χ1v) is 5.75. The molecule has 1 heteroatoms. The second-order valence-corrected chi connectivity index (χ2v) is 3.71. The maximum atomic E-state index is 5.79. The molecule has 0 aliphatic heterocycles. The number of hydrogen-bond acceptors (Lipinski definition) is 1. The van der Waals surface area contributed by atoms with Gasteiger partial charge in [0.1, 0.15) is 0 Å². The Kier molecular flexibility index (Phi) is 9.29. The fraction of sp³-hybridized carbons (Fsp3) is 0.833. The van der Waals surface area contributed by atoms with Crippen LogP contribution >= 0.6 is 0 Å². The van der Waals surface area contributed by atoms with Crippen LogP contribution in [0.5, 0.6) is 0 Å². The van der Waals surface area contributed by atoms with Crippen molar-refractivity contribution in [2.45, 2.75) is 65.2 Å². The highest BCUT2D eigenvalue weighted by Gasteiger charge is 1.91. The molecule has 0 rings (SSSR count). The van der Waals surface area contributed by atoms with Gasteiger partial charge in [0, 0.05) is 5.70 Å². The molecule has 0 aromatic rings. The van der Waals surface area contributed by atoms with Crippen molar-refractivity contribution in [2.24, 2.45) is 5.73 Å². The molecule has 0 atom stereocenters. The standard InChI is InChI=1S/C12H25N/c1-3-5-6-7-8-9-11-12(13)10-4-2/h10H,3-9,11,13H2,1-2H3/b12-10-. The van der Waals surface area contributed by atoms with E-state index in [-0.39, 0.29) is 0 Å². The summed E-state index contributed by atoms with van der Waals surface area (Å²) >= 11 is 0. The quantitative estimate of drug-likeness (QED) is 0.566. The van der Waals surface area contributed by atoms with E-state index in [0.717, 1.165) is 18.5 Å². The summed E-state index contributed by atoms with van der Waals surface area (Å²) in [6.07, 6.45) is 12.4. The van der Waals surface area contributed by atoms with Crippen LogP contribution in [0, 0.1) is 0 Å². The third kappa shape index (κ3) is 9.45. The Morgan fingerprint density at radius 1 is 1.00 bits per heavy atom. The van der Waals surface area contributed by atoms with Gasteiger partial charge in [0.05, 0.1) is 0 Å². The second-order valence-electron chi connectivity index (χ2n) is 3.71. The van der Waals surface area contributed by atoms with Crippen LogP contribution in [-0.2, 0) is 0 Å². The van der Waals surface area contributed by atoms with E-state index in [1.165, 1.54) is 38.5 Å².